The van der Waals surface area contributed by atoms with Crippen molar-refractivity contribution in [3.05, 3.63) is 71.5 Å². The van der Waals surface area contributed by atoms with Crippen molar-refractivity contribution in [3.63, 3.8) is 0 Å². The Bertz CT molecular complexity index is 999. The number of aliphatic carboxylic acids is 1. The number of esters is 1. The topological polar surface area (TPSA) is 95.9 Å². The quantitative estimate of drug-likeness (QED) is 0.340. The molecule has 36 heavy (non-hydrogen) atoms. The summed E-state index contributed by atoms with van der Waals surface area (Å²) in [5, 5.41) is 12.6. The molecule has 0 unspecified atom stereocenters. The first-order chi connectivity index (χ1) is 17.4. The van der Waals surface area contributed by atoms with Gasteiger partial charge in [0.1, 0.15) is 18.4 Å². The van der Waals surface area contributed by atoms with Gasteiger partial charge in [-0.05, 0) is 55.4 Å². The van der Waals surface area contributed by atoms with E-state index in [1.54, 1.807) is 12.1 Å². The normalized spacial score (nSPS) is 18.9. The number of ether oxygens (including phenoxy) is 1. The number of carboxylic acids is 1. The van der Waals surface area contributed by atoms with Gasteiger partial charge in [-0.2, -0.15) is 0 Å². The molecule has 194 valence electrons. The van der Waals surface area contributed by atoms with Crippen LogP contribution in [-0.2, 0) is 25.5 Å². The third kappa shape index (κ3) is 8.16. The smallest absolute Gasteiger partial charge is 0.323 e. The van der Waals surface area contributed by atoms with Crippen LogP contribution in [0.3, 0.4) is 0 Å². The number of nitrogens with zero attached hydrogens (tertiary/aromatic N) is 1. The van der Waals surface area contributed by atoms with Gasteiger partial charge in [-0.3, -0.25) is 19.7 Å². The molecule has 1 fully saturated rings. The molecule has 0 spiro atoms. The number of amides is 1. The van der Waals surface area contributed by atoms with Gasteiger partial charge in [0.2, 0.25) is 5.91 Å². The number of nitrogens with one attached hydrogen (secondary N) is 1. The van der Waals surface area contributed by atoms with E-state index < -0.39 is 30.6 Å². The highest BCUT2D eigenvalue weighted by atomic mass is 19.1. The molecule has 3 atom stereocenters. The number of hydrogen-bond acceptors (Lipinski definition) is 5. The summed E-state index contributed by atoms with van der Waals surface area (Å²) in [7, 11) is 0. The first-order valence-electron chi connectivity index (χ1n) is 12.6. The van der Waals surface area contributed by atoms with Gasteiger partial charge in [0.05, 0.1) is 12.6 Å². The maximum atomic E-state index is 13.4. The second-order valence-corrected chi connectivity index (χ2v) is 9.26. The lowest BCUT2D eigenvalue weighted by atomic mass is 9.93. The molecule has 1 aliphatic rings. The van der Waals surface area contributed by atoms with Crippen molar-refractivity contribution in [1.29, 1.82) is 0 Å². The first kappa shape index (κ1) is 27.3. The second-order valence-electron chi connectivity index (χ2n) is 9.26. The summed E-state index contributed by atoms with van der Waals surface area (Å²) in [6, 6.07) is 14.4. The Kier molecular flexibility index (Phi) is 10.4. The molecule has 2 N–H and O–H groups in total. The predicted molar refractivity (Wildman–Crippen MR) is 134 cm³/mol. The van der Waals surface area contributed by atoms with E-state index in [-0.39, 0.29) is 24.2 Å². The Morgan fingerprint density at radius 1 is 1.14 bits per heavy atom. The minimum Gasteiger partial charge on any atom is -0.480 e. The molecular weight excluding hydrogens is 463 g/mol. The van der Waals surface area contributed by atoms with Gasteiger partial charge >= 0.3 is 11.9 Å². The number of likely N-dealkylation sites (tertiary alicyclic amines) is 1. The van der Waals surface area contributed by atoms with Crippen LogP contribution in [0.25, 0.3) is 0 Å². The number of unbranched alkanes of at least 4 members (excludes halogenated alkanes) is 1. The van der Waals surface area contributed by atoms with Gasteiger partial charge in [-0.25, -0.2) is 4.39 Å². The molecule has 2 aromatic rings. The number of carbonyl (C=O) groups is 3. The summed E-state index contributed by atoms with van der Waals surface area (Å²) >= 11 is 0. The molecule has 7 nitrogen and oxygen atoms in total. The summed E-state index contributed by atoms with van der Waals surface area (Å²) < 4.78 is 18.9. The highest BCUT2D eigenvalue weighted by Gasteiger charge is 2.35. The van der Waals surface area contributed by atoms with Crippen LogP contribution in [0.2, 0.25) is 0 Å². The van der Waals surface area contributed by atoms with Gasteiger partial charge in [0.25, 0.3) is 0 Å². The fourth-order valence-electron chi connectivity index (χ4n) is 4.51. The molecule has 1 amide bonds. The number of carboxylic acid groups (broad SMARTS) is 1. The monoisotopic (exact) mass is 498 g/mol. The van der Waals surface area contributed by atoms with E-state index in [1.807, 2.05) is 37.3 Å². The predicted octanol–water partition coefficient (Wildman–Crippen LogP) is 3.92. The molecule has 8 heteroatoms. The average Bonchev–Trinajstić information content (AvgIpc) is 3.01. The molecule has 1 aliphatic heterocycles. The molecule has 3 rings (SSSR count). The van der Waals surface area contributed by atoms with Crippen molar-refractivity contribution < 1.29 is 28.6 Å². The number of benzene rings is 2. The van der Waals surface area contributed by atoms with Gasteiger partial charge < -0.3 is 14.7 Å². The van der Waals surface area contributed by atoms with Crippen molar-refractivity contribution in [2.45, 2.75) is 63.5 Å². The Morgan fingerprint density at radius 3 is 2.53 bits per heavy atom. The van der Waals surface area contributed by atoms with Gasteiger partial charge in [0, 0.05) is 12.5 Å². The Hall–Kier alpha value is -3.26. The van der Waals surface area contributed by atoms with Crippen LogP contribution in [-0.4, -0.2) is 59.6 Å². The second kappa shape index (κ2) is 13.7. The first-order valence-corrected chi connectivity index (χ1v) is 12.6. The van der Waals surface area contributed by atoms with Crippen molar-refractivity contribution in [1.82, 2.24) is 10.2 Å². The molecule has 0 aromatic heterocycles. The van der Waals surface area contributed by atoms with E-state index in [2.05, 4.69) is 5.32 Å². The van der Waals surface area contributed by atoms with E-state index in [0.717, 1.165) is 24.0 Å². The van der Waals surface area contributed by atoms with Crippen LogP contribution in [0.5, 0.6) is 0 Å². The van der Waals surface area contributed by atoms with E-state index in [1.165, 1.54) is 17.0 Å². The maximum absolute atomic E-state index is 13.4. The number of carbonyl (C=O) groups excluding carboxylic acids is 2. The van der Waals surface area contributed by atoms with Crippen LogP contribution in [0.1, 0.15) is 56.1 Å². The zero-order chi connectivity index (χ0) is 25.9. The van der Waals surface area contributed by atoms with Gasteiger partial charge in [-0.15, -0.1) is 0 Å². The van der Waals surface area contributed by atoms with Crippen molar-refractivity contribution in [2.75, 3.05) is 19.7 Å². The molecule has 0 bridgehead atoms. The van der Waals surface area contributed by atoms with Crippen LogP contribution in [0.4, 0.5) is 4.39 Å². The maximum Gasteiger partial charge on any atom is 0.323 e. The van der Waals surface area contributed by atoms with Crippen LogP contribution < -0.4 is 5.32 Å². The molecule has 1 saturated heterocycles. The lowest BCUT2D eigenvalue weighted by Crippen LogP contribution is -2.52. The highest BCUT2D eigenvalue weighted by Crippen LogP contribution is 2.28. The third-order valence-corrected chi connectivity index (χ3v) is 6.52. The Morgan fingerprint density at radius 2 is 1.86 bits per heavy atom. The van der Waals surface area contributed by atoms with Crippen molar-refractivity contribution >= 4 is 17.8 Å². The zero-order valence-electron chi connectivity index (χ0n) is 20.7. The summed E-state index contributed by atoms with van der Waals surface area (Å²) in [6.07, 6.45) is 3.72. The summed E-state index contributed by atoms with van der Waals surface area (Å²) in [6.45, 7) is 2.10. The molecule has 0 radical (unpaired) electrons. The molecule has 0 saturated carbocycles. The summed E-state index contributed by atoms with van der Waals surface area (Å²) in [5.74, 6) is -2.36. The molecule has 1 heterocycles. The third-order valence-electron chi connectivity index (χ3n) is 6.52. The van der Waals surface area contributed by atoms with Crippen molar-refractivity contribution in [3.8, 4) is 0 Å². The largest absolute Gasteiger partial charge is 0.480 e. The van der Waals surface area contributed by atoms with E-state index in [0.29, 0.717) is 32.3 Å². The van der Waals surface area contributed by atoms with E-state index >= 15 is 0 Å². The fraction of sp³-hybridized carbons (Fsp3) is 0.464. The standard InChI is InChI=1S/C28H35FN2O5/c1-2-3-17-36-28(35)25(15-9-20-7-5-4-6-8-20)30-24-16-12-22(21-10-13-23(29)14-11-21)18-31(27(24)34)19-26(32)33/h4-8,10-11,13-14,22,24-25,30H,2-3,9,12,15-19H2,1H3,(H,32,33)/t22-,24-,25-/m0/s1. The lowest BCUT2D eigenvalue weighted by molar-refractivity contribution is -0.148. The van der Waals surface area contributed by atoms with Gasteiger partial charge in [-0.1, -0.05) is 55.8 Å². The average molecular weight is 499 g/mol. The van der Waals surface area contributed by atoms with Crippen LogP contribution in [0, 0.1) is 5.82 Å². The van der Waals surface area contributed by atoms with Crippen LogP contribution in [0.15, 0.2) is 54.6 Å². The number of rotatable bonds is 12. The van der Waals surface area contributed by atoms with Crippen molar-refractivity contribution in [2.24, 2.45) is 0 Å². The molecule has 0 aliphatic carbocycles. The SMILES string of the molecule is CCCCOC(=O)[C@H](CCc1ccccc1)N[C@H]1CC[C@H](c2ccc(F)cc2)CN(CC(=O)O)C1=O. The Balaban J connectivity index is 1.77. The minimum atomic E-state index is -1.11. The highest BCUT2D eigenvalue weighted by molar-refractivity contribution is 5.86. The van der Waals surface area contributed by atoms with Crippen LogP contribution >= 0.6 is 0 Å². The zero-order valence-corrected chi connectivity index (χ0v) is 20.7. The molecular formula is C28H35FN2O5. The summed E-state index contributed by atoms with van der Waals surface area (Å²) in [4.78, 5) is 39.2. The van der Waals surface area contributed by atoms with E-state index in [4.69, 9.17) is 4.74 Å². The fourth-order valence-corrected chi connectivity index (χ4v) is 4.51. The van der Waals surface area contributed by atoms with E-state index in [9.17, 15) is 23.9 Å². The summed E-state index contributed by atoms with van der Waals surface area (Å²) in [5.41, 5.74) is 1.92. The van der Waals surface area contributed by atoms with Gasteiger partial charge in [0.15, 0.2) is 0 Å². The number of hydrogen-bond donors (Lipinski definition) is 2. The lowest BCUT2D eigenvalue weighted by Gasteiger charge is -2.27. The minimum absolute atomic E-state index is 0.139. The number of halogens is 1. The molecule has 2 aromatic carbocycles. The Labute approximate surface area is 211 Å². The number of aryl methyl sites for hydroxylation is 1.